The van der Waals surface area contributed by atoms with Crippen LogP contribution in [0.15, 0.2) is 18.2 Å². The first-order valence-corrected chi connectivity index (χ1v) is 7.10. The van der Waals surface area contributed by atoms with E-state index in [9.17, 15) is 0 Å². The maximum Gasteiger partial charge on any atom is 0.0459 e. The second-order valence-electron chi connectivity index (χ2n) is 5.99. The number of halogens is 1. The number of nitrogens with two attached hydrogens (primary N) is 1. The van der Waals surface area contributed by atoms with Gasteiger partial charge in [0.1, 0.15) is 0 Å². The lowest BCUT2D eigenvalue weighted by atomic mass is 9.99. The van der Waals surface area contributed by atoms with Crippen molar-refractivity contribution in [3.8, 4) is 0 Å². The van der Waals surface area contributed by atoms with Crippen LogP contribution in [0.4, 0.5) is 5.69 Å². The van der Waals surface area contributed by atoms with Crippen molar-refractivity contribution >= 4 is 17.3 Å². The summed E-state index contributed by atoms with van der Waals surface area (Å²) in [6.45, 7) is 7.74. The van der Waals surface area contributed by atoms with Gasteiger partial charge in [0.25, 0.3) is 0 Å². The molecule has 0 aromatic heterocycles. The van der Waals surface area contributed by atoms with Crippen molar-refractivity contribution < 1.29 is 0 Å². The monoisotopic (exact) mass is 266 g/mol. The highest BCUT2D eigenvalue weighted by molar-refractivity contribution is 6.31. The first-order chi connectivity index (χ1) is 8.42. The highest BCUT2D eigenvalue weighted by atomic mass is 35.5. The lowest BCUT2D eigenvalue weighted by molar-refractivity contribution is 0.516. The number of rotatable bonds is 3. The standard InChI is InChI=1S/C15H23ClN2/c1-11(17)10-12-13(16)6-4-7-14(12)18-9-5-8-15(18,2)3/h4,6-7,11H,5,8-10,17H2,1-3H3. The molecule has 2 nitrogen and oxygen atoms in total. The summed E-state index contributed by atoms with van der Waals surface area (Å²) in [7, 11) is 0. The van der Waals surface area contributed by atoms with Crippen LogP contribution >= 0.6 is 11.6 Å². The van der Waals surface area contributed by atoms with Gasteiger partial charge in [0.05, 0.1) is 0 Å². The number of hydrogen-bond donors (Lipinski definition) is 1. The highest BCUT2D eigenvalue weighted by Gasteiger charge is 2.33. The minimum absolute atomic E-state index is 0.134. The molecule has 1 aliphatic heterocycles. The van der Waals surface area contributed by atoms with Crippen LogP contribution in [0, 0.1) is 0 Å². The van der Waals surface area contributed by atoms with Gasteiger partial charge in [0.2, 0.25) is 0 Å². The Balaban J connectivity index is 2.41. The Kier molecular flexibility index (Phi) is 3.88. The Hall–Kier alpha value is -0.730. The van der Waals surface area contributed by atoms with Gasteiger partial charge in [-0.05, 0) is 57.7 Å². The largest absolute Gasteiger partial charge is 0.366 e. The minimum Gasteiger partial charge on any atom is -0.366 e. The van der Waals surface area contributed by atoms with Crippen LogP contribution in [0.2, 0.25) is 5.02 Å². The fourth-order valence-corrected chi connectivity index (χ4v) is 3.12. The predicted octanol–water partition coefficient (Wildman–Crippen LogP) is 3.61. The Labute approximate surface area is 115 Å². The van der Waals surface area contributed by atoms with Gasteiger partial charge in [-0.2, -0.15) is 0 Å². The molecule has 0 amide bonds. The van der Waals surface area contributed by atoms with Crippen LogP contribution in [-0.2, 0) is 6.42 Å². The highest BCUT2D eigenvalue weighted by Crippen LogP contribution is 2.38. The topological polar surface area (TPSA) is 29.3 Å². The molecule has 0 saturated carbocycles. The molecule has 100 valence electrons. The SMILES string of the molecule is CC(N)Cc1c(Cl)cccc1N1CCCC1(C)C. The molecule has 2 rings (SSSR count). The van der Waals surface area contributed by atoms with E-state index in [0.29, 0.717) is 0 Å². The average Bonchev–Trinajstić information content (AvgIpc) is 2.61. The van der Waals surface area contributed by atoms with E-state index < -0.39 is 0 Å². The molecule has 1 heterocycles. The van der Waals surface area contributed by atoms with E-state index in [1.807, 2.05) is 19.1 Å². The van der Waals surface area contributed by atoms with E-state index >= 15 is 0 Å². The van der Waals surface area contributed by atoms with Crippen molar-refractivity contribution in [1.82, 2.24) is 0 Å². The van der Waals surface area contributed by atoms with Crippen LogP contribution in [0.25, 0.3) is 0 Å². The number of hydrogen-bond acceptors (Lipinski definition) is 2. The van der Waals surface area contributed by atoms with Crippen molar-refractivity contribution in [2.45, 2.75) is 51.6 Å². The fraction of sp³-hybridized carbons (Fsp3) is 0.600. The summed E-state index contributed by atoms with van der Waals surface area (Å²) in [6, 6.07) is 6.31. The van der Waals surface area contributed by atoms with Gasteiger partial charge >= 0.3 is 0 Å². The first kappa shape index (κ1) is 13.7. The van der Waals surface area contributed by atoms with Gasteiger partial charge < -0.3 is 10.6 Å². The molecule has 0 radical (unpaired) electrons. The molecule has 2 N–H and O–H groups in total. The van der Waals surface area contributed by atoms with Crippen molar-refractivity contribution in [3.05, 3.63) is 28.8 Å². The summed E-state index contributed by atoms with van der Waals surface area (Å²) in [6.07, 6.45) is 3.32. The molecule has 0 aliphatic carbocycles. The zero-order chi connectivity index (χ0) is 13.3. The molecular formula is C15H23ClN2. The minimum atomic E-state index is 0.134. The van der Waals surface area contributed by atoms with Crippen molar-refractivity contribution in [3.63, 3.8) is 0 Å². The van der Waals surface area contributed by atoms with Gasteiger partial charge in [-0.15, -0.1) is 0 Å². The quantitative estimate of drug-likeness (QED) is 0.906. The van der Waals surface area contributed by atoms with Crippen molar-refractivity contribution in [2.24, 2.45) is 5.73 Å². The summed E-state index contributed by atoms with van der Waals surface area (Å²) in [5, 5.41) is 0.840. The third kappa shape index (κ3) is 2.65. The predicted molar refractivity (Wildman–Crippen MR) is 79.5 cm³/mol. The molecule has 0 bridgehead atoms. The van der Waals surface area contributed by atoms with Crippen LogP contribution in [0.1, 0.15) is 39.2 Å². The molecule has 1 unspecified atom stereocenters. The molecule has 1 aromatic carbocycles. The normalized spacial score (nSPS) is 20.2. The summed E-state index contributed by atoms with van der Waals surface area (Å²) in [5.41, 5.74) is 8.64. The van der Waals surface area contributed by atoms with E-state index in [-0.39, 0.29) is 11.6 Å². The van der Waals surface area contributed by atoms with Crippen molar-refractivity contribution in [1.29, 1.82) is 0 Å². The zero-order valence-corrected chi connectivity index (χ0v) is 12.3. The van der Waals surface area contributed by atoms with E-state index in [1.165, 1.54) is 24.1 Å². The molecule has 3 heteroatoms. The molecule has 18 heavy (non-hydrogen) atoms. The molecule has 1 aromatic rings. The fourth-order valence-electron chi connectivity index (χ4n) is 2.88. The summed E-state index contributed by atoms with van der Waals surface area (Å²) in [4.78, 5) is 2.48. The van der Waals surface area contributed by atoms with Crippen LogP contribution in [-0.4, -0.2) is 18.1 Å². The van der Waals surface area contributed by atoms with Crippen LogP contribution < -0.4 is 10.6 Å². The van der Waals surface area contributed by atoms with E-state index in [1.54, 1.807) is 0 Å². The molecule has 1 saturated heterocycles. The maximum absolute atomic E-state index is 6.36. The van der Waals surface area contributed by atoms with Gasteiger partial charge in [-0.25, -0.2) is 0 Å². The molecule has 1 fully saturated rings. The second-order valence-corrected chi connectivity index (χ2v) is 6.39. The number of anilines is 1. The van der Waals surface area contributed by atoms with E-state index in [2.05, 4.69) is 24.8 Å². The van der Waals surface area contributed by atoms with E-state index in [0.717, 1.165) is 18.0 Å². The Morgan fingerprint density at radius 2 is 2.17 bits per heavy atom. The first-order valence-electron chi connectivity index (χ1n) is 6.72. The van der Waals surface area contributed by atoms with Gasteiger partial charge in [0.15, 0.2) is 0 Å². The Morgan fingerprint density at radius 1 is 1.44 bits per heavy atom. The summed E-state index contributed by atoms with van der Waals surface area (Å²) < 4.78 is 0. The summed E-state index contributed by atoms with van der Waals surface area (Å²) >= 11 is 6.36. The van der Waals surface area contributed by atoms with Gasteiger partial charge in [-0.1, -0.05) is 17.7 Å². The molecule has 1 atom stereocenters. The van der Waals surface area contributed by atoms with E-state index in [4.69, 9.17) is 17.3 Å². The average molecular weight is 267 g/mol. The number of benzene rings is 1. The molecule has 1 aliphatic rings. The zero-order valence-electron chi connectivity index (χ0n) is 11.5. The molecule has 0 spiro atoms. The maximum atomic E-state index is 6.36. The van der Waals surface area contributed by atoms with Gasteiger partial charge in [0, 0.05) is 28.8 Å². The summed E-state index contributed by atoms with van der Waals surface area (Å²) in [5.74, 6) is 0. The Bertz CT molecular complexity index is 427. The second kappa shape index (κ2) is 5.10. The smallest absolute Gasteiger partial charge is 0.0459 e. The molecular weight excluding hydrogens is 244 g/mol. The lowest BCUT2D eigenvalue weighted by Crippen LogP contribution is -2.39. The Morgan fingerprint density at radius 3 is 2.72 bits per heavy atom. The third-order valence-corrected chi connectivity index (χ3v) is 4.17. The third-order valence-electron chi connectivity index (χ3n) is 3.81. The number of nitrogens with zero attached hydrogens (tertiary/aromatic N) is 1. The van der Waals surface area contributed by atoms with Crippen LogP contribution in [0.3, 0.4) is 0 Å². The van der Waals surface area contributed by atoms with Crippen LogP contribution in [0.5, 0.6) is 0 Å². The van der Waals surface area contributed by atoms with Gasteiger partial charge in [-0.3, -0.25) is 0 Å². The van der Waals surface area contributed by atoms with Crippen molar-refractivity contribution in [2.75, 3.05) is 11.4 Å². The lowest BCUT2D eigenvalue weighted by Gasteiger charge is -2.35.